The number of hydrogen-bond acceptors (Lipinski definition) is 3. The Bertz CT molecular complexity index is 516. The molecule has 0 aromatic heterocycles. The maximum absolute atomic E-state index is 12.6. The summed E-state index contributed by atoms with van der Waals surface area (Å²) in [7, 11) is 0. The first-order valence-electron chi connectivity index (χ1n) is 7.27. The summed E-state index contributed by atoms with van der Waals surface area (Å²) in [5.74, 6) is 0.438. The van der Waals surface area contributed by atoms with E-state index in [1.54, 1.807) is 0 Å². The van der Waals surface area contributed by atoms with Crippen LogP contribution in [0.1, 0.15) is 58.1 Å². The molecular formula is C17H25NO2. The summed E-state index contributed by atoms with van der Waals surface area (Å²) in [6.45, 7) is 9.95. The zero-order chi connectivity index (χ0) is 15.1. The minimum atomic E-state index is -1.02. The van der Waals surface area contributed by atoms with Crippen molar-refractivity contribution in [2.45, 2.75) is 58.1 Å². The topological polar surface area (TPSA) is 52.3 Å². The molecule has 0 saturated heterocycles. The Kier molecular flexibility index (Phi) is 3.67. The van der Waals surface area contributed by atoms with E-state index in [1.165, 1.54) is 5.56 Å². The highest BCUT2D eigenvalue weighted by Crippen LogP contribution is 2.47. The van der Waals surface area contributed by atoms with Crippen LogP contribution in [0, 0.1) is 5.92 Å². The van der Waals surface area contributed by atoms with Crippen LogP contribution in [0.25, 0.3) is 0 Å². The highest BCUT2D eigenvalue weighted by molar-refractivity contribution is 5.84. The minimum Gasteiger partial charge on any atom is -0.458 e. The minimum absolute atomic E-state index is 0.309. The number of fused-ring (bicyclic) bond motifs is 1. The van der Waals surface area contributed by atoms with Crippen LogP contribution in [0.15, 0.2) is 24.3 Å². The molecule has 2 unspecified atom stereocenters. The van der Waals surface area contributed by atoms with Crippen molar-refractivity contribution >= 4 is 5.97 Å². The number of carbonyl (C=O) groups is 1. The number of ether oxygens (including phenoxy) is 1. The summed E-state index contributed by atoms with van der Waals surface area (Å²) in [5, 5.41) is 0. The van der Waals surface area contributed by atoms with E-state index in [-0.39, 0.29) is 5.97 Å². The van der Waals surface area contributed by atoms with Crippen LogP contribution in [0.2, 0.25) is 0 Å². The van der Waals surface area contributed by atoms with Crippen molar-refractivity contribution in [3.05, 3.63) is 35.4 Å². The van der Waals surface area contributed by atoms with Crippen molar-refractivity contribution in [1.82, 2.24) is 0 Å². The van der Waals surface area contributed by atoms with E-state index in [2.05, 4.69) is 19.9 Å². The maximum Gasteiger partial charge on any atom is 0.331 e. The molecule has 2 atom stereocenters. The third-order valence-corrected chi connectivity index (χ3v) is 3.95. The number of rotatable bonds is 2. The fourth-order valence-electron chi connectivity index (χ4n) is 2.95. The van der Waals surface area contributed by atoms with Crippen LogP contribution in [0.4, 0.5) is 0 Å². The fourth-order valence-corrected chi connectivity index (χ4v) is 2.95. The molecule has 0 spiro atoms. The van der Waals surface area contributed by atoms with Crippen LogP contribution < -0.4 is 5.73 Å². The summed E-state index contributed by atoms with van der Waals surface area (Å²) in [4.78, 5) is 12.6. The van der Waals surface area contributed by atoms with E-state index < -0.39 is 11.1 Å². The second-order valence-corrected chi connectivity index (χ2v) is 7.12. The van der Waals surface area contributed by atoms with Crippen molar-refractivity contribution in [2.24, 2.45) is 11.7 Å². The number of carbonyl (C=O) groups excluding carboxylic acids is 1. The molecule has 0 saturated carbocycles. The molecule has 110 valence electrons. The number of hydrogen-bond donors (Lipinski definition) is 1. The van der Waals surface area contributed by atoms with Gasteiger partial charge in [0.2, 0.25) is 0 Å². The molecule has 0 amide bonds. The lowest BCUT2D eigenvalue weighted by Gasteiger charge is -2.29. The first kappa shape index (κ1) is 15.0. The van der Waals surface area contributed by atoms with Gasteiger partial charge in [0, 0.05) is 0 Å². The van der Waals surface area contributed by atoms with Gasteiger partial charge in [-0.1, -0.05) is 38.1 Å². The summed E-state index contributed by atoms with van der Waals surface area (Å²) in [6.07, 6.45) is 0.624. The standard InChI is InChI=1S/C17H25NO2/c1-11(2)13-10-17(18,15(19)20-16(3,4)5)14-9-7-6-8-12(13)14/h6-9,11,13H,10,18H2,1-5H3. The number of benzene rings is 1. The van der Waals surface area contributed by atoms with Gasteiger partial charge in [-0.15, -0.1) is 0 Å². The molecule has 3 heteroatoms. The Morgan fingerprint density at radius 3 is 2.50 bits per heavy atom. The van der Waals surface area contributed by atoms with Crippen LogP contribution in [-0.4, -0.2) is 11.6 Å². The number of esters is 1. The SMILES string of the molecule is CC(C)C1CC(N)(C(=O)OC(C)(C)C)c2ccccc21. The molecule has 0 heterocycles. The largest absolute Gasteiger partial charge is 0.458 e. The highest BCUT2D eigenvalue weighted by Gasteiger charge is 2.49. The molecule has 3 nitrogen and oxygen atoms in total. The molecule has 0 aliphatic heterocycles. The Morgan fingerprint density at radius 2 is 1.95 bits per heavy atom. The average molecular weight is 275 g/mol. The molecule has 1 aliphatic carbocycles. The van der Waals surface area contributed by atoms with E-state index in [0.717, 1.165) is 5.56 Å². The van der Waals surface area contributed by atoms with Gasteiger partial charge in [0.1, 0.15) is 11.1 Å². The monoisotopic (exact) mass is 275 g/mol. The van der Waals surface area contributed by atoms with Gasteiger partial charge in [0.25, 0.3) is 0 Å². The maximum atomic E-state index is 12.6. The first-order valence-corrected chi connectivity index (χ1v) is 7.27. The summed E-state index contributed by atoms with van der Waals surface area (Å²) < 4.78 is 5.55. The molecule has 1 aromatic carbocycles. The summed E-state index contributed by atoms with van der Waals surface area (Å²) in [5.41, 5.74) is 7.06. The van der Waals surface area contributed by atoms with E-state index in [9.17, 15) is 4.79 Å². The van der Waals surface area contributed by atoms with Crippen molar-refractivity contribution in [3.63, 3.8) is 0 Å². The van der Waals surface area contributed by atoms with Crippen molar-refractivity contribution in [3.8, 4) is 0 Å². The Hall–Kier alpha value is -1.35. The molecule has 0 fully saturated rings. The van der Waals surface area contributed by atoms with E-state index >= 15 is 0 Å². The summed E-state index contributed by atoms with van der Waals surface area (Å²) in [6, 6.07) is 7.99. The van der Waals surface area contributed by atoms with Crippen molar-refractivity contribution in [2.75, 3.05) is 0 Å². The Labute approximate surface area is 121 Å². The van der Waals surface area contributed by atoms with Gasteiger partial charge in [-0.2, -0.15) is 0 Å². The lowest BCUT2D eigenvalue weighted by atomic mass is 9.88. The molecule has 20 heavy (non-hydrogen) atoms. The molecule has 2 rings (SSSR count). The normalized spacial score (nSPS) is 25.6. The zero-order valence-electron chi connectivity index (χ0n) is 13.1. The van der Waals surface area contributed by atoms with Gasteiger partial charge in [0.05, 0.1) is 0 Å². The lowest BCUT2D eigenvalue weighted by Crippen LogP contribution is -2.47. The van der Waals surface area contributed by atoms with Gasteiger partial charge >= 0.3 is 5.97 Å². The molecule has 2 N–H and O–H groups in total. The highest BCUT2D eigenvalue weighted by atomic mass is 16.6. The smallest absolute Gasteiger partial charge is 0.331 e. The van der Waals surface area contributed by atoms with Gasteiger partial charge in [-0.3, -0.25) is 0 Å². The number of nitrogens with two attached hydrogens (primary N) is 1. The zero-order valence-corrected chi connectivity index (χ0v) is 13.1. The van der Waals surface area contributed by atoms with Gasteiger partial charge in [0.15, 0.2) is 0 Å². The molecule has 0 radical (unpaired) electrons. The predicted molar refractivity (Wildman–Crippen MR) is 80.3 cm³/mol. The quantitative estimate of drug-likeness (QED) is 0.842. The predicted octanol–water partition coefficient (Wildman–Crippen LogP) is 3.33. The Balaban J connectivity index is 2.41. The van der Waals surface area contributed by atoms with Gasteiger partial charge < -0.3 is 10.5 Å². The van der Waals surface area contributed by atoms with Crippen LogP contribution in [-0.2, 0) is 15.1 Å². The lowest BCUT2D eigenvalue weighted by molar-refractivity contribution is -0.162. The van der Waals surface area contributed by atoms with Crippen LogP contribution >= 0.6 is 0 Å². The second-order valence-electron chi connectivity index (χ2n) is 7.12. The third-order valence-electron chi connectivity index (χ3n) is 3.95. The molecule has 1 aliphatic rings. The first-order chi connectivity index (χ1) is 9.15. The fraction of sp³-hybridized carbons (Fsp3) is 0.588. The van der Waals surface area contributed by atoms with Crippen LogP contribution in [0.5, 0.6) is 0 Å². The van der Waals surface area contributed by atoms with Crippen LogP contribution in [0.3, 0.4) is 0 Å². The molecule has 1 aromatic rings. The van der Waals surface area contributed by atoms with E-state index in [4.69, 9.17) is 10.5 Å². The van der Waals surface area contributed by atoms with Gasteiger partial charge in [-0.25, -0.2) is 4.79 Å². The van der Waals surface area contributed by atoms with E-state index in [0.29, 0.717) is 18.3 Å². The Morgan fingerprint density at radius 1 is 1.35 bits per heavy atom. The third kappa shape index (κ3) is 2.59. The van der Waals surface area contributed by atoms with Crippen molar-refractivity contribution < 1.29 is 9.53 Å². The van der Waals surface area contributed by atoms with Gasteiger partial charge in [-0.05, 0) is 50.2 Å². The van der Waals surface area contributed by atoms with Crippen molar-refractivity contribution in [1.29, 1.82) is 0 Å². The van der Waals surface area contributed by atoms with E-state index in [1.807, 2.05) is 39.0 Å². The average Bonchev–Trinajstić information content (AvgIpc) is 2.63. The summed E-state index contributed by atoms with van der Waals surface area (Å²) >= 11 is 0. The second kappa shape index (κ2) is 4.88. The molecule has 0 bridgehead atoms. The molecular weight excluding hydrogens is 250 g/mol.